The van der Waals surface area contributed by atoms with Crippen molar-refractivity contribution >= 4 is 10.9 Å². The number of hydrogen-bond donors (Lipinski definition) is 0. The quantitative estimate of drug-likeness (QED) is 0.236. The Kier molecular flexibility index (Phi) is 12.3. The number of ether oxygens (including phenoxy) is 2. The second-order valence-electron chi connectivity index (χ2n) is 11.8. The van der Waals surface area contributed by atoms with Gasteiger partial charge in [0, 0.05) is 28.5 Å². The first-order valence-electron chi connectivity index (χ1n) is 14.1. The summed E-state index contributed by atoms with van der Waals surface area (Å²) in [4.78, 5) is 0. The number of nitrogens with zero attached hydrogens (tertiary/aromatic N) is 2. The second kappa shape index (κ2) is 15.2. The van der Waals surface area contributed by atoms with Gasteiger partial charge in [-0.15, -0.1) is 0 Å². The molecule has 1 heterocycles. The van der Waals surface area contributed by atoms with Gasteiger partial charge in [-0.25, -0.2) is 0 Å². The van der Waals surface area contributed by atoms with E-state index < -0.39 is 0 Å². The van der Waals surface area contributed by atoms with Gasteiger partial charge in [-0.05, 0) is 94.0 Å². The fourth-order valence-corrected chi connectivity index (χ4v) is 3.79. The van der Waals surface area contributed by atoms with Crippen LogP contribution in [0.4, 0.5) is 0 Å². The van der Waals surface area contributed by atoms with E-state index >= 15 is 0 Å². The van der Waals surface area contributed by atoms with Crippen LogP contribution in [0.15, 0.2) is 72.9 Å². The average Bonchev–Trinajstić information content (AvgIpc) is 3.36. The van der Waals surface area contributed by atoms with E-state index in [0.29, 0.717) is 17.9 Å². The zero-order valence-corrected chi connectivity index (χ0v) is 26.4. The Hall–Kier alpha value is -3.71. The van der Waals surface area contributed by atoms with Crippen molar-refractivity contribution in [3.8, 4) is 23.3 Å². The van der Waals surface area contributed by atoms with E-state index in [9.17, 15) is 0 Å². The van der Waals surface area contributed by atoms with Gasteiger partial charge in [-0.1, -0.05) is 63.8 Å². The molecule has 0 radical (unpaired) electrons. The van der Waals surface area contributed by atoms with Crippen LogP contribution in [0.2, 0.25) is 0 Å². The zero-order valence-electron chi connectivity index (χ0n) is 26.4. The fraction of sp³-hybridized carbons (Fsp3) is 0.417. The highest BCUT2D eigenvalue weighted by molar-refractivity contribution is 5.79. The molecule has 0 unspecified atom stereocenters. The summed E-state index contributed by atoms with van der Waals surface area (Å²) in [7, 11) is 3.33. The highest BCUT2D eigenvalue weighted by Gasteiger charge is 2.07. The van der Waals surface area contributed by atoms with Crippen molar-refractivity contribution in [3.05, 3.63) is 89.6 Å². The maximum absolute atomic E-state index is 5.17. The molecule has 3 aromatic carbocycles. The van der Waals surface area contributed by atoms with E-state index in [1.165, 1.54) is 22.0 Å². The van der Waals surface area contributed by atoms with Crippen LogP contribution in [-0.4, -0.2) is 24.0 Å². The van der Waals surface area contributed by atoms with Gasteiger partial charge in [0.2, 0.25) is 0 Å². The molecule has 4 rings (SSSR count). The summed E-state index contributed by atoms with van der Waals surface area (Å²) in [6, 6.07) is 23.1. The molecule has 0 amide bonds. The van der Waals surface area contributed by atoms with Crippen LogP contribution in [0.3, 0.4) is 0 Å². The molecule has 0 bridgehead atoms. The third-order valence-corrected chi connectivity index (χ3v) is 6.17. The van der Waals surface area contributed by atoms with Gasteiger partial charge in [-0.2, -0.15) is 5.10 Å². The van der Waals surface area contributed by atoms with Crippen molar-refractivity contribution in [2.24, 2.45) is 5.41 Å². The minimum absolute atomic E-state index is 0.0931. The van der Waals surface area contributed by atoms with Crippen LogP contribution in [0.5, 0.6) is 11.5 Å². The molecule has 0 spiro atoms. The first-order valence-corrected chi connectivity index (χ1v) is 14.1. The Labute approximate surface area is 242 Å². The third-order valence-electron chi connectivity index (χ3n) is 6.17. The first-order chi connectivity index (χ1) is 18.8. The lowest BCUT2D eigenvalue weighted by atomic mass is 9.97. The molecule has 4 nitrogen and oxygen atoms in total. The fourth-order valence-electron chi connectivity index (χ4n) is 3.79. The first kappa shape index (κ1) is 32.5. The van der Waals surface area contributed by atoms with Crippen molar-refractivity contribution in [1.82, 2.24) is 9.78 Å². The summed E-state index contributed by atoms with van der Waals surface area (Å²) in [6.45, 7) is 19.4. The van der Waals surface area contributed by atoms with E-state index in [-0.39, 0.29) is 5.41 Å². The zero-order chi connectivity index (χ0) is 29.9. The van der Waals surface area contributed by atoms with Gasteiger partial charge in [-0.3, -0.25) is 4.68 Å². The number of aromatic nitrogens is 2. The lowest BCUT2D eigenvalue weighted by Crippen LogP contribution is -2.01. The Bertz CT molecular complexity index is 1360. The Balaban J connectivity index is 0.000000212. The molecule has 1 aromatic heterocycles. The molecule has 4 aromatic rings. The molecule has 0 saturated carbocycles. The molecule has 40 heavy (non-hydrogen) atoms. The molecule has 214 valence electrons. The molecule has 0 aliphatic carbocycles. The third kappa shape index (κ3) is 10.5. The predicted octanol–water partition coefficient (Wildman–Crippen LogP) is 9.65. The van der Waals surface area contributed by atoms with Crippen LogP contribution < -0.4 is 9.47 Å². The standard InChI is InChI=1S/C13H18N2.C12H14.C11H16O2/c1-9(2)11-5-6-13-12(7-11)8-14-15(13)10(3)4;1-12(2,3)10-9-11-7-5-4-6-8-11;1-8(2)9-5-10(12-3)7-11(6-9)13-4/h5-10H,1-4H3;4-8H,1-3H3;5-8H,1-4H3. The molecular formula is C36H48N2O2. The molecule has 0 N–H and O–H groups in total. The summed E-state index contributed by atoms with van der Waals surface area (Å²) in [6.07, 6.45) is 1.96. The summed E-state index contributed by atoms with van der Waals surface area (Å²) in [5, 5.41) is 5.66. The Morgan fingerprint density at radius 1 is 0.725 bits per heavy atom. The average molecular weight is 541 g/mol. The SMILES string of the molecule is CC(C)(C)C#Cc1ccccc1.CC(C)c1ccc2c(cnn2C(C)C)c1.COc1cc(OC)cc(C(C)C)c1. The topological polar surface area (TPSA) is 36.3 Å². The van der Waals surface area contributed by atoms with Gasteiger partial charge in [0.05, 0.1) is 25.9 Å². The Morgan fingerprint density at radius 2 is 1.30 bits per heavy atom. The maximum Gasteiger partial charge on any atom is 0.122 e. The molecule has 0 atom stereocenters. The van der Waals surface area contributed by atoms with Crippen LogP contribution in [-0.2, 0) is 0 Å². The van der Waals surface area contributed by atoms with Gasteiger partial charge >= 0.3 is 0 Å². The summed E-state index contributed by atoms with van der Waals surface area (Å²) >= 11 is 0. The smallest absolute Gasteiger partial charge is 0.122 e. The molecule has 0 saturated heterocycles. The number of hydrogen-bond acceptors (Lipinski definition) is 3. The van der Waals surface area contributed by atoms with Gasteiger partial charge in [0.1, 0.15) is 11.5 Å². The van der Waals surface area contributed by atoms with Crippen LogP contribution in [0, 0.1) is 17.3 Å². The van der Waals surface area contributed by atoms with Crippen molar-refractivity contribution in [2.75, 3.05) is 14.2 Å². The molecule has 0 fully saturated rings. The van der Waals surface area contributed by atoms with E-state index in [4.69, 9.17) is 9.47 Å². The minimum atomic E-state index is 0.0931. The van der Waals surface area contributed by atoms with Gasteiger partial charge in [0.15, 0.2) is 0 Å². The van der Waals surface area contributed by atoms with Gasteiger partial charge in [0.25, 0.3) is 0 Å². The summed E-state index contributed by atoms with van der Waals surface area (Å²) < 4.78 is 12.4. The number of rotatable bonds is 5. The Morgan fingerprint density at radius 3 is 1.77 bits per heavy atom. The molecular weight excluding hydrogens is 492 g/mol. The second-order valence-corrected chi connectivity index (χ2v) is 11.8. The van der Waals surface area contributed by atoms with E-state index in [1.54, 1.807) is 14.2 Å². The molecule has 4 heteroatoms. The maximum atomic E-state index is 5.17. The summed E-state index contributed by atoms with van der Waals surface area (Å²) in [5.41, 5.74) is 5.03. The van der Waals surface area contributed by atoms with E-state index in [1.807, 2.05) is 54.7 Å². The highest BCUT2D eigenvalue weighted by Crippen LogP contribution is 2.27. The summed E-state index contributed by atoms with van der Waals surface area (Å²) in [5.74, 6) is 9.09. The largest absolute Gasteiger partial charge is 0.497 e. The lowest BCUT2D eigenvalue weighted by Gasteiger charge is -2.10. The number of fused-ring (bicyclic) bond motifs is 1. The molecule has 0 aliphatic heterocycles. The lowest BCUT2D eigenvalue weighted by molar-refractivity contribution is 0.393. The van der Waals surface area contributed by atoms with Crippen LogP contribution in [0.1, 0.15) is 96.9 Å². The van der Waals surface area contributed by atoms with Crippen LogP contribution >= 0.6 is 0 Å². The van der Waals surface area contributed by atoms with Crippen molar-refractivity contribution in [1.29, 1.82) is 0 Å². The molecule has 0 aliphatic rings. The minimum Gasteiger partial charge on any atom is -0.497 e. The van der Waals surface area contributed by atoms with Gasteiger partial charge < -0.3 is 9.47 Å². The normalized spacial score (nSPS) is 10.8. The van der Waals surface area contributed by atoms with Crippen molar-refractivity contribution in [2.45, 2.75) is 80.2 Å². The highest BCUT2D eigenvalue weighted by atomic mass is 16.5. The number of methoxy groups -OCH3 is 2. The monoisotopic (exact) mass is 540 g/mol. The van der Waals surface area contributed by atoms with E-state index in [2.05, 4.69) is 102 Å². The number of benzene rings is 3. The van der Waals surface area contributed by atoms with E-state index in [0.717, 1.165) is 17.1 Å². The van der Waals surface area contributed by atoms with Crippen LogP contribution in [0.25, 0.3) is 10.9 Å². The predicted molar refractivity (Wildman–Crippen MR) is 171 cm³/mol. The van der Waals surface area contributed by atoms with Crippen molar-refractivity contribution in [3.63, 3.8) is 0 Å². The van der Waals surface area contributed by atoms with Crippen molar-refractivity contribution < 1.29 is 9.47 Å².